The van der Waals surface area contributed by atoms with Crippen LogP contribution in [-0.2, 0) is 17.8 Å². The molecule has 208 valence electrons. The summed E-state index contributed by atoms with van der Waals surface area (Å²) in [5.41, 5.74) is 3.99. The number of thiophene rings is 1. The summed E-state index contributed by atoms with van der Waals surface area (Å²) in [5, 5.41) is 9.33. The number of pyridine rings is 1. The molecule has 0 bridgehead atoms. The van der Waals surface area contributed by atoms with Crippen molar-refractivity contribution in [1.82, 2.24) is 19.9 Å². The predicted octanol–water partition coefficient (Wildman–Crippen LogP) is 4.52. The monoisotopic (exact) mass is 558 g/mol. The molecule has 0 fully saturated rings. The van der Waals surface area contributed by atoms with Gasteiger partial charge < -0.3 is 30.1 Å². The van der Waals surface area contributed by atoms with Gasteiger partial charge in [0.1, 0.15) is 11.6 Å². The van der Waals surface area contributed by atoms with Crippen LogP contribution in [0.3, 0.4) is 0 Å². The quantitative estimate of drug-likeness (QED) is 0.272. The van der Waals surface area contributed by atoms with Gasteiger partial charge in [-0.2, -0.15) is 9.97 Å². The van der Waals surface area contributed by atoms with Crippen LogP contribution in [0.4, 0.5) is 28.8 Å². The number of ether oxygens (including phenoxy) is 1. The number of amides is 1. The summed E-state index contributed by atoms with van der Waals surface area (Å²) in [6.07, 6.45) is 3.96. The number of nitrogens with zero attached hydrogens (tertiary/aromatic N) is 6. The first-order chi connectivity index (χ1) is 19.4. The maximum Gasteiger partial charge on any atom is 0.247 e. The lowest BCUT2D eigenvalue weighted by Crippen LogP contribution is -2.30. The fraction of sp³-hybridized carbons (Fsp3) is 0.310. The van der Waals surface area contributed by atoms with Gasteiger partial charge in [-0.1, -0.05) is 6.58 Å². The summed E-state index contributed by atoms with van der Waals surface area (Å²) in [5.74, 6) is 1.52. The topological polar surface area (TPSA) is 98.8 Å². The summed E-state index contributed by atoms with van der Waals surface area (Å²) < 4.78 is 5.77. The van der Waals surface area contributed by atoms with E-state index in [1.54, 1.807) is 13.3 Å². The van der Waals surface area contributed by atoms with Gasteiger partial charge in [-0.25, -0.2) is 4.98 Å². The molecule has 0 spiro atoms. The fourth-order valence-corrected chi connectivity index (χ4v) is 5.59. The zero-order valence-corrected chi connectivity index (χ0v) is 24.1. The van der Waals surface area contributed by atoms with Crippen molar-refractivity contribution in [3.8, 4) is 5.75 Å². The number of aromatic nitrogens is 3. The second kappa shape index (κ2) is 11.9. The molecule has 0 saturated carbocycles. The molecule has 1 amide bonds. The van der Waals surface area contributed by atoms with Crippen molar-refractivity contribution in [3.05, 3.63) is 65.0 Å². The fourth-order valence-electron chi connectivity index (χ4n) is 4.70. The zero-order valence-electron chi connectivity index (χ0n) is 23.3. The molecule has 0 radical (unpaired) electrons. The molecule has 0 unspecified atom stereocenters. The second-order valence-electron chi connectivity index (χ2n) is 9.90. The smallest absolute Gasteiger partial charge is 0.247 e. The number of rotatable bonds is 10. The minimum absolute atomic E-state index is 0.301. The number of likely N-dealkylation sites (N-methyl/N-ethyl adjacent to an activating group) is 2. The van der Waals surface area contributed by atoms with Crippen LogP contribution in [0.25, 0.3) is 11.0 Å². The largest absolute Gasteiger partial charge is 0.494 e. The lowest BCUT2D eigenvalue weighted by molar-refractivity contribution is -0.111. The number of carbonyl (C=O) groups excluding carboxylic acids is 1. The highest BCUT2D eigenvalue weighted by atomic mass is 32.1. The third kappa shape index (κ3) is 5.85. The Hall–Kier alpha value is -4.22. The van der Waals surface area contributed by atoms with Crippen molar-refractivity contribution in [3.63, 3.8) is 0 Å². The van der Waals surface area contributed by atoms with Crippen LogP contribution in [0.1, 0.15) is 10.4 Å². The van der Waals surface area contributed by atoms with Gasteiger partial charge in [-0.3, -0.25) is 4.79 Å². The van der Waals surface area contributed by atoms with Crippen molar-refractivity contribution < 1.29 is 9.53 Å². The predicted molar refractivity (Wildman–Crippen MR) is 163 cm³/mol. The van der Waals surface area contributed by atoms with Crippen LogP contribution < -0.4 is 25.2 Å². The summed E-state index contributed by atoms with van der Waals surface area (Å²) in [7, 11) is 7.65. The van der Waals surface area contributed by atoms with Gasteiger partial charge in [-0.05, 0) is 61.8 Å². The SMILES string of the molecule is C=CC(=O)Nc1cc(Nc2nc(N3CCc4sccc4C3)c3cccnc3n2)c(OC)cc1N(C)CCN(C)C. The van der Waals surface area contributed by atoms with Crippen molar-refractivity contribution in [2.45, 2.75) is 13.0 Å². The normalized spacial score (nSPS) is 12.8. The first-order valence-electron chi connectivity index (χ1n) is 13.1. The Bertz CT molecular complexity index is 1540. The third-order valence-electron chi connectivity index (χ3n) is 6.86. The minimum atomic E-state index is -0.301. The first-order valence-corrected chi connectivity index (χ1v) is 14.0. The lowest BCUT2D eigenvalue weighted by atomic mass is 10.1. The molecule has 11 heteroatoms. The van der Waals surface area contributed by atoms with Crippen LogP contribution in [0.5, 0.6) is 5.75 Å². The molecule has 4 aromatic rings. The number of anilines is 5. The molecule has 40 heavy (non-hydrogen) atoms. The van der Waals surface area contributed by atoms with Gasteiger partial charge in [-0.15, -0.1) is 11.3 Å². The second-order valence-corrected chi connectivity index (χ2v) is 10.9. The Kier molecular flexibility index (Phi) is 8.13. The summed E-state index contributed by atoms with van der Waals surface area (Å²) in [4.78, 5) is 34.4. The summed E-state index contributed by atoms with van der Waals surface area (Å²) >= 11 is 1.81. The van der Waals surface area contributed by atoms with E-state index in [4.69, 9.17) is 14.7 Å². The molecule has 4 heterocycles. The van der Waals surface area contributed by atoms with Crippen molar-refractivity contribution >= 4 is 57.1 Å². The van der Waals surface area contributed by atoms with Gasteiger partial charge in [0.15, 0.2) is 5.65 Å². The molecule has 1 aliphatic rings. The number of nitrogens with one attached hydrogen (secondary N) is 2. The molecular formula is C29H34N8O2S. The average molecular weight is 559 g/mol. The summed E-state index contributed by atoms with van der Waals surface area (Å²) in [6, 6.07) is 9.84. The number of fused-ring (bicyclic) bond motifs is 2. The Morgan fingerprint density at radius 2 is 2.05 bits per heavy atom. The Morgan fingerprint density at radius 1 is 1.20 bits per heavy atom. The first kappa shape index (κ1) is 27.4. The molecule has 2 N–H and O–H groups in total. The highest BCUT2D eigenvalue weighted by Gasteiger charge is 2.23. The van der Waals surface area contributed by atoms with Gasteiger partial charge in [0.25, 0.3) is 0 Å². The van der Waals surface area contributed by atoms with Gasteiger partial charge in [0.2, 0.25) is 11.9 Å². The number of benzene rings is 1. The van der Waals surface area contributed by atoms with Crippen LogP contribution in [0, 0.1) is 0 Å². The van der Waals surface area contributed by atoms with Crippen molar-refractivity contribution in [2.24, 2.45) is 0 Å². The van der Waals surface area contributed by atoms with Gasteiger partial charge >= 0.3 is 0 Å². The van der Waals surface area contributed by atoms with Gasteiger partial charge in [0.05, 0.1) is 29.6 Å². The molecule has 0 atom stereocenters. The molecule has 1 aromatic carbocycles. The highest BCUT2D eigenvalue weighted by Crippen LogP contribution is 2.39. The maximum atomic E-state index is 12.3. The number of hydrogen-bond donors (Lipinski definition) is 2. The third-order valence-corrected chi connectivity index (χ3v) is 7.88. The van der Waals surface area contributed by atoms with E-state index in [2.05, 4.69) is 48.3 Å². The van der Waals surface area contributed by atoms with E-state index in [0.717, 1.165) is 49.5 Å². The highest BCUT2D eigenvalue weighted by molar-refractivity contribution is 7.10. The Morgan fingerprint density at radius 3 is 2.83 bits per heavy atom. The number of hydrogen-bond acceptors (Lipinski definition) is 10. The van der Waals surface area contributed by atoms with Crippen LogP contribution in [0.15, 0.2) is 54.6 Å². The Balaban J connectivity index is 1.53. The summed E-state index contributed by atoms with van der Waals surface area (Å²) in [6.45, 7) is 6.85. The molecule has 1 aliphatic heterocycles. The van der Waals surface area contributed by atoms with Gasteiger partial charge in [0, 0.05) is 50.4 Å². The Labute approximate surface area is 238 Å². The van der Waals surface area contributed by atoms with E-state index in [1.165, 1.54) is 16.5 Å². The standard InChI is InChI=1S/C29H34N8O2S/c1-6-26(38)31-21-16-22(24(39-5)17-23(21)36(4)14-13-35(2)3)32-29-33-27-20(8-7-11-30-27)28(34-29)37-12-9-25-19(18-37)10-15-40-25/h6-8,10-11,15-17H,1,9,12-14,18H2,2-5H3,(H,31,38)(H,30,32,33,34). The van der Waals surface area contributed by atoms with E-state index >= 15 is 0 Å². The number of methoxy groups -OCH3 is 1. The van der Waals surface area contributed by atoms with Crippen molar-refractivity contribution in [1.29, 1.82) is 0 Å². The van der Waals surface area contributed by atoms with E-state index < -0.39 is 0 Å². The molecule has 0 saturated heterocycles. The molecule has 5 rings (SSSR count). The van der Waals surface area contributed by atoms with E-state index in [9.17, 15) is 4.79 Å². The minimum Gasteiger partial charge on any atom is -0.494 e. The molecular weight excluding hydrogens is 524 g/mol. The number of carbonyl (C=O) groups is 1. The van der Waals surface area contributed by atoms with E-state index in [-0.39, 0.29) is 5.91 Å². The van der Waals surface area contributed by atoms with Crippen LogP contribution in [-0.4, -0.2) is 73.6 Å². The van der Waals surface area contributed by atoms with E-state index in [1.807, 2.05) is 56.7 Å². The van der Waals surface area contributed by atoms with Crippen LogP contribution in [0.2, 0.25) is 0 Å². The lowest BCUT2D eigenvalue weighted by Gasteiger charge is -2.29. The van der Waals surface area contributed by atoms with Crippen LogP contribution >= 0.6 is 11.3 Å². The van der Waals surface area contributed by atoms with Crippen molar-refractivity contribution in [2.75, 3.05) is 68.3 Å². The van der Waals surface area contributed by atoms with E-state index in [0.29, 0.717) is 28.7 Å². The molecule has 3 aromatic heterocycles. The molecule has 0 aliphatic carbocycles. The maximum absolute atomic E-state index is 12.3. The zero-order chi connectivity index (χ0) is 28.2. The average Bonchev–Trinajstić information content (AvgIpc) is 3.43. The molecule has 10 nitrogen and oxygen atoms in total.